The number of sulfone groups is 1. The maximum atomic E-state index is 13.2. The summed E-state index contributed by atoms with van der Waals surface area (Å²) in [5.41, 5.74) is 3.06. The molecule has 0 N–H and O–H groups in total. The van der Waals surface area contributed by atoms with Gasteiger partial charge in [0.05, 0.1) is 33.5 Å². The summed E-state index contributed by atoms with van der Waals surface area (Å²) < 4.78 is 32.2. The van der Waals surface area contributed by atoms with Crippen LogP contribution in [0.3, 0.4) is 0 Å². The number of aromatic nitrogens is 1. The topological polar surface area (TPSA) is 76.6 Å². The van der Waals surface area contributed by atoms with Gasteiger partial charge in [-0.1, -0.05) is 29.0 Å². The largest absolute Gasteiger partial charge is 0.376 e. The number of halogens is 1. The zero-order chi connectivity index (χ0) is 22.9. The number of aryl methyl sites for hydroxylation is 2. The minimum absolute atomic E-state index is 0.0679. The number of carbonyl (C=O) groups excluding carboxylic acids is 1. The predicted octanol–water partition coefficient (Wildman–Crippen LogP) is 4.94. The van der Waals surface area contributed by atoms with E-state index in [4.69, 9.17) is 21.3 Å². The number of rotatable bonds is 7. The number of hydrogen-bond acceptors (Lipinski definition) is 6. The first kappa shape index (κ1) is 23.2. The molecule has 1 aromatic heterocycles. The lowest BCUT2D eigenvalue weighted by Gasteiger charge is -2.23. The van der Waals surface area contributed by atoms with Crippen LogP contribution < -0.4 is 4.90 Å². The van der Waals surface area contributed by atoms with Gasteiger partial charge in [0.2, 0.25) is 5.91 Å². The third-order valence-corrected chi connectivity index (χ3v) is 8.53. The highest BCUT2D eigenvalue weighted by molar-refractivity contribution is 7.91. The highest BCUT2D eigenvalue weighted by Crippen LogP contribution is 2.33. The molecule has 2 heterocycles. The van der Waals surface area contributed by atoms with Crippen molar-refractivity contribution in [2.75, 3.05) is 23.8 Å². The van der Waals surface area contributed by atoms with E-state index in [0.717, 1.165) is 34.2 Å². The van der Waals surface area contributed by atoms with Crippen LogP contribution in [0.25, 0.3) is 10.2 Å². The van der Waals surface area contributed by atoms with Crippen LogP contribution in [0.15, 0.2) is 41.3 Å². The Balaban J connectivity index is 1.58. The first-order valence-electron chi connectivity index (χ1n) is 10.5. The van der Waals surface area contributed by atoms with Crippen molar-refractivity contribution < 1.29 is 17.9 Å². The number of anilines is 1. The van der Waals surface area contributed by atoms with E-state index in [9.17, 15) is 13.2 Å². The number of fused-ring (bicyclic) bond motifs is 1. The standard InChI is InChI=1S/C23H25ClN2O4S2/c1-15-12-16(2)22-20(13-15)31-23(25-22)26(14-18-4-3-10-30-18)21(27)9-11-32(28,29)19-7-5-17(24)6-8-19/h5-8,12-13,18H,3-4,9-11,14H2,1-2H3. The van der Waals surface area contributed by atoms with Crippen LogP contribution in [-0.2, 0) is 19.4 Å². The molecule has 170 valence electrons. The number of amides is 1. The zero-order valence-electron chi connectivity index (χ0n) is 18.0. The molecule has 32 heavy (non-hydrogen) atoms. The van der Waals surface area contributed by atoms with E-state index in [1.54, 1.807) is 4.90 Å². The molecule has 1 aliphatic rings. The number of benzene rings is 2. The van der Waals surface area contributed by atoms with Gasteiger partial charge in [-0.25, -0.2) is 13.4 Å². The van der Waals surface area contributed by atoms with Crippen LogP contribution in [0.2, 0.25) is 5.02 Å². The molecule has 1 unspecified atom stereocenters. The molecule has 3 aromatic rings. The Bertz CT molecular complexity index is 1230. The van der Waals surface area contributed by atoms with Gasteiger partial charge in [-0.3, -0.25) is 9.69 Å². The highest BCUT2D eigenvalue weighted by atomic mass is 35.5. The van der Waals surface area contributed by atoms with E-state index in [1.807, 2.05) is 13.8 Å². The summed E-state index contributed by atoms with van der Waals surface area (Å²) in [4.78, 5) is 19.7. The molecule has 0 radical (unpaired) electrons. The molecule has 0 bridgehead atoms. The summed E-state index contributed by atoms with van der Waals surface area (Å²) in [5.74, 6) is -0.551. The number of carbonyl (C=O) groups is 1. The lowest BCUT2D eigenvalue weighted by Crippen LogP contribution is -2.38. The van der Waals surface area contributed by atoms with E-state index in [1.165, 1.54) is 35.6 Å². The summed E-state index contributed by atoms with van der Waals surface area (Å²) in [6.45, 7) is 5.08. The van der Waals surface area contributed by atoms with Crippen LogP contribution in [0.5, 0.6) is 0 Å². The summed E-state index contributed by atoms with van der Waals surface area (Å²) in [5, 5.41) is 1.04. The fourth-order valence-electron chi connectivity index (χ4n) is 3.87. The van der Waals surface area contributed by atoms with Crippen molar-refractivity contribution in [3.63, 3.8) is 0 Å². The predicted molar refractivity (Wildman–Crippen MR) is 129 cm³/mol. The lowest BCUT2D eigenvalue weighted by molar-refractivity contribution is -0.118. The minimum atomic E-state index is -3.61. The van der Waals surface area contributed by atoms with Crippen molar-refractivity contribution in [1.82, 2.24) is 4.98 Å². The third-order valence-electron chi connectivity index (χ3n) is 5.52. The highest BCUT2D eigenvalue weighted by Gasteiger charge is 2.28. The molecule has 6 nitrogen and oxygen atoms in total. The van der Waals surface area contributed by atoms with Crippen molar-refractivity contribution in [3.05, 3.63) is 52.5 Å². The van der Waals surface area contributed by atoms with Crippen molar-refractivity contribution >= 4 is 54.0 Å². The minimum Gasteiger partial charge on any atom is -0.376 e. The SMILES string of the molecule is Cc1cc(C)c2nc(N(CC3CCCO3)C(=O)CCS(=O)(=O)c3ccc(Cl)cc3)sc2c1. The molecule has 0 aliphatic carbocycles. The van der Waals surface area contributed by atoms with E-state index < -0.39 is 9.84 Å². The fraction of sp³-hybridized carbons (Fsp3) is 0.391. The summed E-state index contributed by atoms with van der Waals surface area (Å²) >= 11 is 7.31. The van der Waals surface area contributed by atoms with Gasteiger partial charge in [-0.15, -0.1) is 0 Å². The third kappa shape index (κ3) is 5.14. The number of nitrogens with zero attached hydrogens (tertiary/aromatic N) is 2. The molecule has 1 amide bonds. The van der Waals surface area contributed by atoms with Crippen LogP contribution in [-0.4, -0.2) is 44.3 Å². The molecule has 1 saturated heterocycles. The number of ether oxygens (including phenoxy) is 1. The zero-order valence-corrected chi connectivity index (χ0v) is 20.4. The van der Waals surface area contributed by atoms with Crippen LogP contribution in [0.1, 0.15) is 30.4 Å². The maximum absolute atomic E-state index is 13.2. The van der Waals surface area contributed by atoms with Gasteiger partial charge in [-0.2, -0.15) is 0 Å². The van der Waals surface area contributed by atoms with Gasteiger partial charge >= 0.3 is 0 Å². The Morgan fingerprint density at radius 1 is 1.25 bits per heavy atom. The van der Waals surface area contributed by atoms with Crippen molar-refractivity contribution in [2.24, 2.45) is 0 Å². The lowest BCUT2D eigenvalue weighted by atomic mass is 10.1. The second-order valence-electron chi connectivity index (χ2n) is 8.09. The number of hydrogen-bond donors (Lipinski definition) is 0. The van der Waals surface area contributed by atoms with Crippen molar-refractivity contribution in [3.8, 4) is 0 Å². The molecule has 9 heteroatoms. The van der Waals surface area contributed by atoms with E-state index >= 15 is 0 Å². The second kappa shape index (κ2) is 9.47. The maximum Gasteiger partial charge on any atom is 0.229 e. The number of thiazole rings is 1. The van der Waals surface area contributed by atoms with Crippen LogP contribution in [0, 0.1) is 13.8 Å². The Hall–Kier alpha value is -2.00. The fourth-order valence-corrected chi connectivity index (χ4v) is 6.39. The van der Waals surface area contributed by atoms with Gasteiger partial charge in [0.15, 0.2) is 15.0 Å². The van der Waals surface area contributed by atoms with Gasteiger partial charge in [0, 0.05) is 18.1 Å². The monoisotopic (exact) mass is 492 g/mol. The van der Waals surface area contributed by atoms with E-state index in [-0.39, 0.29) is 29.1 Å². The molecule has 0 spiro atoms. The Kier molecular flexibility index (Phi) is 6.86. The van der Waals surface area contributed by atoms with Gasteiger partial charge in [0.25, 0.3) is 0 Å². The molecule has 2 aromatic carbocycles. The summed E-state index contributed by atoms with van der Waals surface area (Å²) in [7, 11) is -3.61. The first-order valence-corrected chi connectivity index (χ1v) is 13.4. The molecule has 0 saturated carbocycles. The molecule has 1 fully saturated rings. The second-order valence-corrected chi connectivity index (χ2v) is 11.6. The first-order chi connectivity index (χ1) is 15.2. The summed E-state index contributed by atoms with van der Waals surface area (Å²) in [6, 6.07) is 10.1. The average Bonchev–Trinajstić information content (AvgIpc) is 3.40. The molecule has 4 rings (SSSR count). The molecule has 1 atom stereocenters. The van der Waals surface area contributed by atoms with Gasteiger partial charge in [-0.05, 0) is 68.1 Å². The van der Waals surface area contributed by atoms with Crippen LogP contribution in [0.4, 0.5) is 5.13 Å². The molecular weight excluding hydrogens is 468 g/mol. The Morgan fingerprint density at radius 3 is 2.69 bits per heavy atom. The molecular formula is C23H25ClN2O4S2. The summed E-state index contributed by atoms with van der Waals surface area (Å²) in [6.07, 6.45) is 1.62. The quantitative estimate of drug-likeness (QED) is 0.466. The van der Waals surface area contributed by atoms with Crippen LogP contribution >= 0.6 is 22.9 Å². The molecule has 1 aliphatic heterocycles. The normalized spacial score (nSPS) is 16.5. The van der Waals surface area contributed by atoms with Gasteiger partial charge in [0.1, 0.15) is 0 Å². The Labute approximate surface area is 197 Å². The smallest absolute Gasteiger partial charge is 0.229 e. The average molecular weight is 493 g/mol. The van der Waals surface area contributed by atoms with E-state index in [0.29, 0.717) is 23.3 Å². The van der Waals surface area contributed by atoms with Crippen molar-refractivity contribution in [2.45, 2.75) is 44.1 Å². The van der Waals surface area contributed by atoms with Crippen molar-refractivity contribution in [1.29, 1.82) is 0 Å². The van der Waals surface area contributed by atoms with E-state index in [2.05, 4.69) is 12.1 Å². The van der Waals surface area contributed by atoms with Gasteiger partial charge < -0.3 is 4.74 Å². The Morgan fingerprint density at radius 2 is 2.00 bits per heavy atom.